The number of allylic oxidation sites excluding steroid dienone is 29. The summed E-state index contributed by atoms with van der Waals surface area (Å²) in [6.07, 6.45) is 52.9. The Morgan fingerprint density at radius 3 is 2.02 bits per heavy atom. The lowest BCUT2D eigenvalue weighted by atomic mass is 9.88. The summed E-state index contributed by atoms with van der Waals surface area (Å²) < 4.78 is 0. The van der Waals surface area contributed by atoms with Crippen molar-refractivity contribution < 1.29 is 0 Å². The molecule has 2 aromatic rings. The van der Waals surface area contributed by atoms with Crippen LogP contribution >= 0.6 is 0 Å². The molecule has 0 fully saturated rings. The van der Waals surface area contributed by atoms with Crippen LogP contribution in [-0.2, 0) is 0 Å². The third-order valence-electron chi connectivity index (χ3n) is 8.71. The van der Waals surface area contributed by atoms with Crippen LogP contribution in [0.25, 0.3) is 23.3 Å². The maximum Gasteiger partial charge on any atom is -0.00139 e. The van der Waals surface area contributed by atoms with Crippen LogP contribution in [0.3, 0.4) is 0 Å². The van der Waals surface area contributed by atoms with Gasteiger partial charge in [-0.2, -0.15) is 0 Å². The van der Waals surface area contributed by atoms with E-state index >= 15 is 0 Å². The van der Waals surface area contributed by atoms with Gasteiger partial charge in [0.15, 0.2) is 0 Å². The Kier molecular flexibility index (Phi) is 13.5. The van der Waals surface area contributed by atoms with Crippen molar-refractivity contribution in [3.05, 3.63) is 264 Å². The SMILES string of the molecule is C=C/C=C\c1ccccc1C(=C)\C=C/C=C1/C=C/C=C\C=C/C(C(=C)/C=C\C=C2\C=CC=CC2)=C(\C(=C)/C=c2/cccc/c2=C2\C=CC=CC2)C1. The molecule has 0 aliphatic heterocycles. The first-order chi connectivity index (χ1) is 25.0. The molecular weight excluding hydrogens is 613 g/mol. The minimum Gasteiger partial charge on any atom is -0.0991 e. The van der Waals surface area contributed by atoms with Crippen molar-refractivity contribution in [2.75, 3.05) is 0 Å². The maximum atomic E-state index is 4.69. The molecule has 0 N–H and O–H groups in total. The van der Waals surface area contributed by atoms with Gasteiger partial charge < -0.3 is 0 Å². The van der Waals surface area contributed by atoms with Gasteiger partial charge in [-0.25, -0.2) is 0 Å². The Morgan fingerprint density at radius 1 is 0.588 bits per heavy atom. The molecule has 5 rings (SSSR count). The quantitative estimate of drug-likeness (QED) is 0.223. The lowest BCUT2D eigenvalue weighted by Crippen LogP contribution is -2.26. The van der Waals surface area contributed by atoms with Crippen molar-refractivity contribution in [2.45, 2.75) is 19.3 Å². The molecule has 0 aromatic heterocycles. The number of rotatable bonds is 10. The lowest BCUT2D eigenvalue weighted by molar-refractivity contribution is 1.16. The highest BCUT2D eigenvalue weighted by atomic mass is 14.2. The second kappa shape index (κ2) is 19.1. The van der Waals surface area contributed by atoms with Gasteiger partial charge in [-0.3, -0.25) is 0 Å². The zero-order chi connectivity index (χ0) is 35.7. The van der Waals surface area contributed by atoms with E-state index in [1.165, 1.54) is 16.4 Å². The molecule has 250 valence electrons. The molecule has 2 aromatic carbocycles. The Morgan fingerprint density at radius 2 is 1.25 bits per heavy atom. The average molecular weight is 659 g/mol. The Bertz CT molecular complexity index is 2210. The van der Waals surface area contributed by atoms with Gasteiger partial charge in [0.05, 0.1) is 0 Å². The lowest BCUT2D eigenvalue weighted by Gasteiger charge is -2.16. The standard InChI is InChI=1S/C51H46/c1-5-6-30-45-33-17-19-35-48(45)40(2)23-22-29-44-27-11-7-8-16-36-49(41(3)24-21-28-43-25-12-9-13-26-43)51(39-44)42(4)38-47-34-18-20-37-50(47)46-31-14-10-15-32-46/h5-25,27-31,33-38H,1-4,26,32,39H2/b8-7-,23-22-,24-21-,27-11+,30-6-,36-16-,43-28-,44-29-,47-38-,50-46-,51-49+. The van der Waals surface area contributed by atoms with E-state index in [1.54, 1.807) is 6.08 Å². The van der Waals surface area contributed by atoms with E-state index in [1.807, 2.05) is 18.2 Å². The van der Waals surface area contributed by atoms with Crippen molar-refractivity contribution in [3.63, 3.8) is 0 Å². The summed E-state index contributed by atoms with van der Waals surface area (Å²) in [6, 6.07) is 16.9. The highest BCUT2D eigenvalue weighted by Crippen LogP contribution is 2.30. The van der Waals surface area contributed by atoms with Gasteiger partial charge >= 0.3 is 0 Å². The summed E-state index contributed by atoms with van der Waals surface area (Å²) in [7, 11) is 0. The first kappa shape index (κ1) is 36.1. The molecule has 0 spiro atoms. The molecule has 0 heteroatoms. The van der Waals surface area contributed by atoms with Gasteiger partial charge in [0.25, 0.3) is 0 Å². The Balaban J connectivity index is 1.57. The molecule has 51 heavy (non-hydrogen) atoms. The molecule has 0 heterocycles. The summed E-state index contributed by atoms with van der Waals surface area (Å²) in [5, 5.41) is 2.37. The van der Waals surface area contributed by atoms with Gasteiger partial charge in [-0.05, 0) is 91.5 Å². The van der Waals surface area contributed by atoms with E-state index in [9.17, 15) is 0 Å². The third-order valence-corrected chi connectivity index (χ3v) is 8.71. The van der Waals surface area contributed by atoms with Gasteiger partial charge in [0.1, 0.15) is 0 Å². The minimum atomic E-state index is 0.664. The average Bonchev–Trinajstić information content (AvgIpc) is 3.17. The normalized spacial score (nSPS) is 22.3. The number of benzene rings is 2. The van der Waals surface area contributed by atoms with E-state index in [0.717, 1.165) is 62.6 Å². The molecule has 3 aliphatic rings. The van der Waals surface area contributed by atoms with E-state index in [0.29, 0.717) is 6.42 Å². The van der Waals surface area contributed by atoms with Crippen LogP contribution in [0.1, 0.15) is 30.4 Å². The summed E-state index contributed by atoms with van der Waals surface area (Å²) in [4.78, 5) is 0. The van der Waals surface area contributed by atoms with Crippen LogP contribution in [0.15, 0.2) is 242 Å². The molecule has 3 aliphatic carbocycles. The summed E-state index contributed by atoms with van der Waals surface area (Å²) in [5.41, 5.74) is 10.9. The first-order valence-electron chi connectivity index (χ1n) is 17.4. The topological polar surface area (TPSA) is 0 Å². The van der Waals surface area contributed by atoms with Gasteiger partial charge in [-0.15, -0.1) is 0 Å². The molecule has 0 saturated heterocycles. The van der Waals surface area contributed by atoms with Crippen molar-refractivity contribution in [2.24, 2.45) is 0 Å². The zero-order valence-electron chi connectivity index (χ0n) is 29.4. The fraction of sp³-hybridized carbons (Fsp3) is 0.0588. The van der Waals surface area contributed by atoms with Crippen molar-refractivity contribution in [1.82, 2.24) is 0 Å². The van der Waals surface area contributed by atoms with Crippen molar-refractivity contribution in [1.29, 1.82) is 0 Å². The van der Waals surface area contributed by atoms with Crippen molar-refractivity contribution >= 4 is 23.3 Å². The van der Waals surface area contributed by atoms with Crippen LogP contribution in [0, 0.1) is 0 Å². The zero-order valence-corrected chi connectivity index (χ0v) is 29.4. The van der Waals surface area contributed by atoms with Gasteiger partial charge in [0, 0.05) is 0 Å². The smallest absolute Gasteiger partial charge is 0.00139 e. The summed E-state index contributed by atoms with van der Waals surface area (Å²) in [5.74, 6) is 0. The van der Waals surface area contributed by atoms with Crippen LogP contribution in [-0.4, -0.2) is 0 Å². The molecule has 0 saturated carbocycles. The largest absolute Gasteiger partial charge is 0.0991 e. The second-order valence-corrected chi connectivity index (χ2v) is 12.4. The molecular formula is C51H46. The second-order valence-electron chi connectivity index (χ2n) is 12.4. The molecule has 0 bridgehead atoms. The summed E-state index contributed by atoms with van der Waals surface area (Å²) in [6.45, 7) is 17.5. The van der Waals surface area contributed by atoms with Gasteiger partial charge in [0.2, 0.25) is 0 Å². The van der Waals surface area contributed by atoms with E-state index in [2.05, 4.69) is 190 Å². The predicted octanol–water partition coefficient (Wildman–Crippen LogP) is 12.0. The van der Waals surface area contributed by atoms with E-state index < -0.39 is 0 Å². The van der Waals surface area contributed by atoms with E-state index in [-0.39, 0.29) is 0 Å². The summed E-state index contributed by atoms with van der Waals surface area (Å²) >= 11 is 0. The highest BCUT2D eigenvalue weighted by Gasteiger charge is 2.12. The molecule has 0 amide bonds. The predicted molar refractivity (Wildman–Crippen MR) is 226 cm³/mol. The Hall–Kier alpha value is -6.24. The van der Waals surface area contributed by atoms with Crippen LogP contribution in [0.4, 0.5) is 0 Å². The minimum absolute atomic E-state index is 0.664. The number of hydrogen-bond donors (Lipinski definition) is 0. The molecule has 0 atom stereocenters. The van der Waals surface area contributed by atoms with Crippen molar-refractivity contribution in [3.8, 4) is 0 Å². The fourth-order valence-corrected chi connectivity index (χ4v) is 6.04. The molecule has 0 radical (unpaired) electrons. The van der Waals surface area contributed by atoms with Crippen LogP contribution in [0.5, 0.6) is 0 Å². The van der Waals surface area contributed by atoms with Gasteiger partial charge in [-0.1, -0.05) is 215 Å². The highest BCUT2D eigenvalue weighted by molar-refractivity contribution is 5.79. The molecule has 0 unspecified atom stereocenters. The number of hydrogen-bond acceptors (Lipinski definition) is 0. The van der Waals surface area contributed by atoms with Crippen LogP contribution in [0.2, 0.25) is 0 Å². The van der Waals surface area contributed by atoms with E-state index in [4.69, 9.17) is 6.58 Å². The fourth-order valence-electron chi connectivity index (χ4n) is 6.04. The first-order valence-corrected chi connectivity index (χ1v) is 17.4. The van der Waals surface area contributed by atoms with Crippen LogP contribution < -0.4 is 10.4 Å². The molecule has 0 nitrogen and oxygen atoms in total. The third kappa shape index (κ3) is 10.6. The maximum absolute atomic E-state index is 4.69. The monoisotopic (exact) mass is 658 g/mol. The Labute approximate surface area is 305 Å².